The third kappa shape index (κ3) is 4.05. The van der Waals surface area contributed by atoms with Crippen LogP contribution in [0.4, 0.5) is 5.13 Å². The smallest absolute Gasteiger partial charge is 0.262 e. The molecule has 30 heavy (non-hydrogen) atoms. The summed E-state index contributed by atoms with van der Waals surface area (Å²) in [5.41, 5.74) is 5.43. The van der Waals surface area contributed by atoms with Crippen molar-refractivity contribution in [1.29, 1.82) is 0 Å². The molecule has 0 aliphatic rings. The number of thioether (sulfide) groups is 1. The van der Waals surface area contributed by atoms with Gasteiger partial charge in [-0.2, -0.15) is 0 Å². The highest BCUT2D eigenvalue weighted by Gasteiger charge is 2.14. The van der Waals surface area contributed by atoms with Gasteiger partial charge in [-0.05, 0) is 43.3 Å². The second kappa shape index (κ2) is 8.33. The van der Waals surface area contributed by atoms with Gasteiger partial charge in [0.2, 0.25) is 5.91 Å². The zero-order valence-electron chi connectivity index (χ0n) is 17.0. The summed E-state index contributed by atoms with van der Waals surface area (Å²) in [6.45, 7) is 6.23. The summed E-state index contributed by atoms with van der Waals surface area (Å²) in [6, 6.07) is 6.05. The molecule has 0 atom stereocenters. The van der Waals surface area contributed by atoms with Crippen LogP contribution < -0.4 is 10.9 Å². The first kappa shape index (κ1) is 20.8. The van der Waals surface area contributed by atoms with Crippen LogP contribution in [0.1, 0.15) is 16.7 Å². The fraction of sp³-hybridized carbons (Fsp3) is 0.238. The molecule has 1 N–H and O–H groups in total. The summed E-state index contributed by atoms with van der Waals surface area (Å²) in [7, 11) is 1.67. The van der Waals surface area contributed by atoms with E-state index in [9.17, 15) is 9.59 Å². The standard InChI is InChI=1S/C21H20N4O2S3/c1-11-7-12(2)17(13(3)8-11)15-9-29-20(22-15)23-16(26)10-30-21-24-18-14(5-6-28-18)19(27)25(21)4/h5-9H,10H2,1-4H3,(H,22,23,26). The van der Waals surface area contributed by atoms with E-state index in [1.807, 2.05) is 10.8 Å². The molecule has 0 unspecified atom stereocenters. The maximum absolute atomic E-state index is 12.4. The molecular weight excluding hydrogens is 436 g/mol. The van der Waals surface area contributed by atoms with Crippen LogP contribution >= 0.6 is 34.4 Å². The van der Waals surface area contributed by atoms with E-state index in [4.69, 9.17) is 0 Å². The molecular formula is C21H20N4O2S3. The molecule has 0 bridgehead atoms. The quantitative estimate of drug-likeness (QED) is 0.346. The van der Waals surface area contributed by atoms with Crippen molar-refractivity contribution >= 4 is 55.7 Å². The number of nitrogens with zero attached hydrogens (tertiary/aromatic N) is 3. The van der Waals surface area contributed by atoms with E-state index in [-0.39, 0.29) is 17.2 Å². The van der Waals surface area contributed by atoms with Crippen LogP contribution in [-0.4, -0.2) is 26.2 Å². The molecule has 4 aromatic rings. The molecule has 0 saturated carbocycles. The second-order valence-electron chi connectivity index (χ2n) is 7.05. The number of aromatic nitrogens is 3. The molecule has 1 amide bonds. The lowest BCUT2D eigenvalue weighted by atomic mass is 9.98. The summed E-state index contributed by atoms with van der Waals surface area (Å²) < 4.78 is 1.48. The van der Waals surface area contributed by atoms with Gasteiger partial charge in [-0.15, -0.1) is 22.7 Å². The predicted octanol–water partition coefficient (Wildman–Crippen LogP) is 4.77. The summed E-state index contributed by atoms with van der Waals surface area (Å²) in [5, 5.41) is 8.35. The topological polar surface area (TPSA) is 76.9 Å². The average molecular weight is 457 g/mol. The fourth-order valence-corrected chi connectivity index (χ4v) is 5.72. The van der Waals surface area contributed by atoms with Crippen molar-refractivity contribution in [1.82, 2.24) is 14.5 Å². The number of carbonyl (C=O) groups excluding carboxylic acids is 1. The van der Waals surface area contributed by atoms with Crippen LogP contribution in [0.15, 0.2) is 38.9 Å². The van der Waals surface area contributed by atoms with Gasteiger partial charge in [0.05, 0.1) is 16.8 Å². The van der Waals surface area contributed by atoms with Gasteiger partial charge in [0.1, 0.15) is 4.83 Å². The van der Waals surface area contributed by atoms with E-state index in [0.29, 0.717) is 20.5 Å². The van der Waals surface area contributed by atoms with Crippen molar-refractivity contribution in [2.75, 3.05) is 11.1 Å². The van der Waals surface area contributed by atoms with Crippen molar-refractivity contribution < 1.29 is 4.79 Å². The number of aryl methyl sites for hydroxylation is 3. The first-order valence-corrected chi connectivity index (χ1v) is 12.0. The number of rotatable bonds is 5. The largest absolute Gasteiger partial charge is 0.301 e. The van der Waals surface area contributed by atoms with Crippen molar-refractivity contribution in [3.05, 3.63) is 56.0 Å². The van der Waals surface area contributed by atoms with Gasteiger partial charge >= 0.3 is 0 Å². The molecule has 4 rings (SSSR count). The van der Waals surface area contributed by atoms with E-state index < -0.39 is 0 Å². The number of hydrogen-bond donors (Lipinski definition) is 1. The highest BCUT2D eigenvalue weighted by atomic mass is 32.2. The Hall–Kier alpha value is -2.49. The Morgan fingerprint density at radius 1 is 1.17 bits per heavy atom. The Kier molecular flexibility index (Phi) is 5.77. The van der Waals surface area contributed by atoms with Gasteiger partial charge < -0.3 is 5.32 Å². The van der Waals surface area contributed by atoms with Gasteiger partial charge in [-0.3, -0.25) is 14.2 Å². The molecule has 3 aromatic heterocycles. The zero-order valence-corrected chi connectivity index (χ0v) is 19.4. The monoisotopic (exact) mass is 456 g/mol. The minimum absolute atomic E-state index is 0.0995. The Bertz CT molecular complexity index is 1300. The zero-order chi connectivity index (χ0) is 21.4. The average Bonchev–Trinajstić information content (AvgIpc) is 3.32. The van der Waals surface area contributed by atoms with Crippen molar-refractivity contribution in [2.45, 2.75) is 25.9 Å². The summed E-state index contributed by atoms with van der Waals surface area (Å²) in [4.78, 5) is 34.6. The SMILES string of the molecule is Cc1cc(C)c(-c2csc(NC(=O)CSc3nc4sccc4c(=O)n3C)n2)c(C)c1. The van der Waals surface area contributed by atoms with E-state index >= 15 is 0 Å². The summed E-state index contributed by atoms with van der Waals surface area (Å²) >= 11 is 4.06. The Balaban J connectivity index is 1.46. The van der Waals surface area contributed by atoms with Crippen LogP contribution in [0.5, 0.6) is 0 Å². The van der Waals surface area contributed by atoms with Gasteiger partial charge in [0.15, 0.2) is 10.3 Å². The summed E-state index contributed by atoms with van der Waals surface area (Å²) in [6.07, 6.45) is 0. The highest BCUT2D eigenvalue weighted by Crippen LogP contribution is 2.31. The number of benzene rings is 1. The van der Waals surface area contributed by atoms with Gasteiger partial charge in [0, 0.05) is 18.0 Å². The van der Waals surface area contributed by atoms with Crippen molar-refractivity contribution in [3.63, 3.8) is 0 Å². The first-order valence-electron chi connectivity index (χ1n) is 9.24. The number of anilines is 1. The van der Waals surface area contributed by atoms with E-state index in [1.165, 1.54) is 55.7 Å². The van der Waals surface area contributed by atoms with E-state index in [2.05, 4.69) is 48.2 Å². The number of thiazole rings is 1. The Morgan fingerprint density at radius 2 is 1.90 bits per heavy atom. The second-order valence-corrected chi connectivity index (χ2v) is 9.74. The Labute approximate surface area is 186 Å². The highest BCUT2D eigenvalue weighted by molar-refractivity contribution is 7.99. The lowest BCUT2D eigenvalue weighted by Crippen LogP contribution is -2.20. The molecule has 0 fully saturated rings. The molecule has 154 valence electrons. The Morgan fingerprint density at radius 3 is 2.63 bits per heavy atom. The lowest BCUT2D eigenvalue weighted by molar-refractivity contribution is -0.113. The van der Waals surface area contributed by atoms with Crippen LogP contribution in [-0.2, 0) is 11.8 Å². The number of fused-ring (bicyclic) bond motifs is 1. The summed E-state index contributed by atoms with van der Waals surface area (Å²) in [5.74, 6) is -0.0342. The third-order valence-corrected chi connectivity index (χ3v) is 7.27. The number of thiophene rings is 1. The minimum Gasteiger partial charge on any atom is -0.301 e. The van der Waals surface area contributed by atoms with Gasteiger partial charge in [-0.1, -0.05) is 29.5 Å². The van der Waals surface area contributed by atoms with E-state index in [0.717, 1.165) is 11.3 Å². The lowest BCUT2D eigenvalue weighted by Gasteiger charge is -2.09. The molecule has 9 heteroatoms. The molecule has 0 aliphatic heterocycles. The van der Waals surface area contributed by atoms with Crippen LogP contribution in [0.2, 0.25) is 0 Å². The van der Waals surface area contributed by atoms with Gasteiger partial charge in [0.25, 0.3) is 5.56 Å². The molecule has 0 aliphatic carbocycles. The van der Waals surface area contributed by atoms with Crippen LogP contribution in [0, 0.1) is 20.8 Å². The number of carbonyl (C=O) groups is 1. The number of nitrogens with one attached hydrogen (secondary N) is 1. The molecule has 3 heterocycles. The van der Waals surface area contributed by atoms with Crippen LogP contribution in [0.3, 0.4) is 0 Å². The number of amides is 1. The van der Waals surface area contributed by atoms with Gasteiger partial charge in [-0.25, -0.2) is 9.97 Å². The minimum atomic E-state index is -0.182. The maximum Gasteiger partial charge on any atom is 0.262 e. The molecule has 0 radical (unpaired) electrons. The van der Waals surface area contributed by atoms with Crippen molar-refractivity contribution in [3.8, 4) is 11.3 Å². The maximum atomic E-state index is 12.4. The number of hydrogen-bond acceptors (Lipinski definition) is 7. The molecule has 0 saturated heterocycles. The molecule has 1 aromatic carbocycles. The predicted molar refractivity (Wildman–Crippen MR) is 126 cm³/mol. The fourth-order valence-electron chi connectivity index (χ4n) is 3.42. The van der Waals surface area contributed by atoms with Crippen LogP contribution in [0.25, 0.3) is 21.5 Å². The first-order chi connectivity index (χ1) is 14.3. The molecule has 6 nitrogen and oxygen atoms in total. The molecule has 0 spiro atoms. The van der Waals surface area contributed by atoms with Crippen molar-refractivity contribution in [2.24, 2.45) is 7.05 Å². The van der Waals surface area contributed by atoms with E-state index in [1.54, 1.807) is 13.1 Å². The normalized spacial score (nSPS) is 11.2. The third-order valence-electron chi connectivity index (χ3n) is 4.68.